The van der Waals surface area contributed by atoms with Crippen LogP contribution < -0.4 is 0 Å². The summed E-state index contributed by atoms with van der Waals surface area (Å²) in [6, 6.07) is 4.17. The molecule has 134 valence electrons. The highest BCUT2D eigenvalue weighted by Gasteiger charge is 2.27. The first kappa shape index (κ1) is 18.8. The molecule has 1 atom stereocenters. The van der Waals surface area contributed by atoms with Crippen LogP contribution in [0.5, 0.6) is 5.75 Å². The number of nitrogens with zero attached hydrogens (tertiary/aromatic N) is 1. The Hall–Kier alpha value is -1.55. The van der Waals surface area contributed by atoms with E-state index in [-0.39, 0.29) is 17.3 Å². The molecule has 4 heteroatoms. The molecule has 1 aliphatic rings. The quantitative estimate of drug-likeness (QED) is 0.852. The molecule has 1 aromatic carbocycles. The van der Waals surface area contributed by atoms with E-state index in [9.17, 15) is 9.90 Å². The summed E-state index contributed by atoms with van der Waals surface area (Å²) < 4.78 is 5.17. The highest BCUT2D eigenvalue weighted by Crippen LogP contribution is 2.32. The van der Waals surface area contributed by atoms with Crippen LogP contribution in [0.1, 0.15) is 57.2 Å². The fraction of sp³-hybridized carbons (Fsp3) is 0.650. The van der Waals surface area contributed by atoms with E-state index in [2.05, 4.69) is 37.8 Å². The number of aryl methyl sites for hydroxylation is 1. The molecule has 1 fully saturated rings. The Kier molecular flexibility index (Phi) is 5.92. The van der Waals surface area contributed by atoms with Crippen LogP contribution in [-0.4, -0.2) is 35.7 Å². The molecule has 1 N–H and O–H groups in total. The van der Waals surface area contributed by atoms with E-state index >= 15 is 0 Å². The van der Waals surface area contributed by atoms with Crippen LogP contribution in [0.25, 0.3) is 0 Å². The van der Waals surface area contributed by atoms with Crippen LogP contribution in [-0.2, 0) is 21.5 Å². The lowest BCUT2D eigenvalue weighted by Gasteiger charge is -2.32. The van der Waals surface area contributed by atoms with Crippen molar-refractivity contribution < 1.29 is 14.6 Å². The Morgan fingerprint density at radius 1 is 1.38 bits per heavy atom. The standard InChI is InChI=1S/C20H31NO3/c1-6-24-19(23)15-8-7-9-21(12-15)13-16-11-17(20(3,4)5)10-14(2)18(16)22/h10-11,15,22H,6-9,12-13H2,1-5H3/t15-/m1/s1. The highest BCUT2D eigenvalue weighted by atomic mass is 16.5. The number of benzene rings is 1. The average molecular weight is 333 g/mol. The van der Waals surface area contributed by atoms with Crippen molar-refractivity contribution in [1.82, 2.24) is 4.90 Å². The van der Waals surface area contributed by atoms with Gasteiger partial charge in [0.2, 0.25) is 0 Å². The van der Waals surface area contributed by atoms with E-state index in [1.165, 1.54) is 5.56 Å². The van der Waals surface area contributed by atoms with Gasteiger partial charge in [-0.05, 0) is 49.8 Å². The molecular formula is C20H31NO3. The second-order valence-corrected chi connectivity index (χ2v) is 7.88. The molecule has 1 heterocycles. The van der Waals surface area contributed by atoms with Gasteiger partial charge in [0.1, 0.15) is 5.75 Å². The van der Waals surface area contributed by atoms with E-state index in [0.717, 1.165) is 30.5 Å². The van der Waals surface area contributed by atoms with E-state index in [1.807, 2.05) is 13.8 Å². The summed E-state index contributed by atoms with van der Waals surface area (Å²) in [6.45, 7) is 13.1. The number of hydrogen-bond donors (Lipinski definition) is 1. The molecule has 1 saturated heterocycles. The Morgan fingerprint density at radius 3 is 2.71 bits per heavy atom. The fourth-order valence-electron chi connectivity index (χ4n) is 3.30. The van der Waals surface area contributed by atoms with Gasteiger partial charge in [0, 0.05) is 18.7 Å². The lowest BCUT2D eigenvalue weighted by atomic mass is 9.84. The van der Waals surface area contributed by atoms with Crippen molar-refractivity contribution in [3.8, 4) is 5.75 Å². The van der Waals surface area contributed by atoms with Gasteiger partial charge in [-0.2, -0.15) is 0 Å². The summed E-state index contributed by atoms with van der Waals surface area (Å²) in [5, 5.41) is 10.5. The Balaban J connectivity index is 2.15. The second-order valence-electron chi connectivity index (χ2n) is 7.88. The van der Waals surface area contributed by atoms with Crippen LogP contribution in [0.15, 0.2) is 12.1 Å². The van der Waals surface area contributed by atoms with Gasteiger partial charge in [0.05, 0.1) is 12.5 Å². The fourth-order valence-corrected chi connectivity index (χ4v) is 3.30. The summed E-state index contributed by atoms with van der Waals surface area (Å²) >= 11 is 0. The first-order valence-corrected chi connectivity index (χ1v) is 8.94. The normalized spacial score (nSPS) is 19.3. The van der Waals surface area contributed by atoms with E-state index in [0.29, 0.717) is 25.4 Å². The monoisotopic (exact) mass is 333 g/mol. The minimum atomic E-state index is -0.0916. The molecule has 0 aromatic heterocycles. The van der Waals surface area contributed by atoms with Crippen molar-refractivity contribution >= 4 is 5.97 Å². The van der Waals surface area contributed by atoms with Crippen molar-refractivity contribution in [3.05, 3.63) is 28.8 Å². The first-order chi connectivity index (χ1) is 11.2. The summed E-state index contributed by atoms with van der Waals surface area (Å²) in [6.07, 6.45) is 1.88. The molecule has 2 rings (SSSR count). The summed E-state index contributed by atoms with van der Waals surface area (Å²) in [7, 11) is 0. The highest BCUT2D eigenvalue weighted by molar-refractivity contribution is 5.72. The third-order valence-electron chi connectivity index (χ3n) is 4.76. The van der Waals surface area contributed by atoms with E-state index in [1.54, 1.807) is 0 Å². The summed E-state index contributed by atoms with van der Waals surface area (Å²) in [5.41, 5.74) is 3.13. The number of piperidine rings is 1. The minimum Gasteiger partial charge on any atom is -0.507 e. The number of esters is 1. The van der Waals surface area contributed by atoms with Crippen molar-refractivity contribution in [1.29, 1.82) is 0 Å². The SMILES string of the molecule is CCOC(=O)[C@@H]1CCCN(Cc2cc(C(C)(C)C)cc(C)c2O)C1. The van der Waals surface area contributed by atoms with E-state index in [4.69, 9.17) is 4.74 Å². The maximum Gasteiger partial charge on any atom is 0.310 e. The zero-order valence-corrected chi connectivity index (χ0v) is 15.7. The van der Waals surface area contributed by atoms with Gasteiger partial charge in [-0.3, -0.25) is 9.69 Å². The lowest BCUT2D eigenvalue weighted by Crippen LogP contribution is -2.39. The van der Waals surface area contributed by atoms with Gasteiger partial charge in [-0.15, -0.1) is 0 Å². The molecule has 1 aromatic rings. The molecule has 0 aliphatic carbocycles. The number of likely N-dealkylation sites (tertiary alicyclic amines) is 1. The molecule has 1 aliphatic heterocycles. The number of ether oxygens (including phenoxy) is 1. The van der Waals surface area contributed by atoms with Gasteiger partial charge in [0.15, 0.2) is 0 Å². The van der Waals surface area contributed by atoms with Crippen molar-refractivity contribution in [2.75, 3.05) is 19.7 Å². The Labute approximate surface area is 145 Å². The lowest BCUT2D eigenvalue weighted by molar-refractivity contribution is -0.150. The largest absolute Gasteiger partial charge is 0.507 e. The number of phenols is 1. The topological polar surface area (TPSA) is 49.8 Å². The number of carbonyl (C=O) groups excluding carboxylic acids is 1. The Morgan fingerprint density at radius 2 is 2.08 bits per heavy atom. The predicted octanol–water partition coefficient (Wildman–Crippen LogP) is 3.77. The third-order valence-corrected chi connectivity index (χ3v) is 4.76. The summed E-state index contributed by atoms with van der Waals surface area (Å²) in [5.74, 6) is 0.236. The van der Waals surface area contributed by atoms with Gasteiger partial charge >= 0.3 is 5.97 Å². The Bertz CT molecular complexity index is 589. The number of hydrogen-bond acceptors (Lipinski definition) is 4. The first-order valence-electron chi connectivity index (χ1n) is 8.94. The predicted molar refractivity (Wildman–Crippen MR) is 96.2 cm³/mol. The minimum absolute atomic E-state index is 0.0442. The van der Waals surface area contributed by atoms with Gasteiger partial charge in [-0.1, -0.05) is 32.9 Å². The molecule has 4 nitrogen and oxygen atoms in total. The molecule has 0 unspecified atom stereocenters. The zero-order chi connectivity index (χ0) is 17.9. The number of carbonyl (C=O) groups is 1. The number of phenolic OH excluding ortho intramolecular Hbond substituents is 1. The van der Waals surface area contributed by atoms with Crippen LogP contribution in [0.4, 0.5) is 0 Å². The van der Waals surface area contributed by atoms with Crippen LogP contribution in [0, 0.1) is 12.8 Å². The maximum absolute atomic E-state index is 12.0. The maximum atomic E-state index is 12.0. The third kappa shape index (κ3) is 4.50. The molecule has 0 spiro atoms. The molecule has 0 radical (unpaired) electrons. The van der Waals surface area contributed by atoms with Gasteiger partial charge in [0.25, 0.3) is 0 Å². The smallest absolute Gasteiger partial charge is 0.310 e. The van der Waals surface area contributed by atoms with Gasteiger partial charge < -0.3 is 9.84 Å². The zero-order valence-electron chi connectivity index (χ0n) is 15.7. The molecule has 0 amide bonds. The van der Waals surface area contributed by atoms with Crippen LogP contribution >= 0.6 is 0 Å². The second kappa shape index (κ2) is 7.56. The average Bonchev–Trinajstić information content (AvgIpc) is 2.51. The molecule has 24 heavy (non-hydrogen) atoms. The van der Waals surface area contributed by atoms with Gasteiger partial charge in [-0.25, -0.2) is 0 Å². The molecular weight excluding hydrogens is 302 g/mol. The molecule has 0 bridgehead atoms. The van der Waals surface area contributed by atoms with Crippen molar-refractivity contribution in [3.63, 3.8) is 0 Å². The van der Waals surface area contributed by atoms with Crippen LogP contribution in [0.2, 0.25) is 0 Å². The number of rotatable bonds is 4. The van der Waals surface area contributed by atoms with Crippen LogP contribution in [0.3, 0.4) is 0 Å². The molecule has 0 saturated carbocycles. The number of aromatic hydroxyl groups is 1. The van der Waals surface area contributed by atoms with Crippen molar-refractivity contribution in [2.24, 2.45) is 5.92 Å². The summed E-state index contributed by atoms with van der Waals surface area (Å²) in [4.78, 5) is 14.3. The van der Waals surface area contributed by atoms with E-state index < -0.39 is 0 Å². The van der Waals surface area contributed by atoms with Crippen molar-refractivity contribution in [2.45, 2.75) is 59.4 Å².